The van der Waals surface area contributed by atoms with Crippen molar-refractivity contribution in [1.82, 2.24) is 9.97 Å². The monoisotopic (exact) mass is 253 g/mol. The second-order valence-electron chi connectivity index (χ2n) is 4.39. The van der Waals surface area contributed by atoms with E-state index in [4.69, 9.17) is 4.74 Å². The third-order valence-electron chi connectivity index (χ3n) is 3.09. The van der Waals surface area contributed by atoms with E-state index in [0.29, 0.717) is 17.9 Å². The molecule has 94 valence electrons. The molecule has 0 aliphatic heterocycles. The molecule has 0 spiro atoms. The highest BCUT2D eigenvalue weighted by Gasteiger charge is 2.24. The molecular weight excluding hydrogens is 234 g/mol. The first-order valence-electron chi connectivity index (χ1n) is 5.90. The van der Waals surface area contributed by atoms with E-state index in [9.17, 15) is 0 Å². The van der Waals surface area contributed by atoms with E-state index in [1.807, 2.05) is 24.8 Å². The molecule has 4 nitrogen and oxygen atoms in total. The van der Waals surface area contributed by atoms with Crippen molar-refractivity contribution in [3.05, 3.63) is 11.8 Å². The van der Waals surface area contributed by atoms with E-state index < -0.39 is 0 Å². The number of hydrogen-bond donors (Lipinski definition) is 1. The van der Waals surface area contributed by atoms with E-state index in [1.165, 1.54) is 19.3 Å². The van der Waals surface area contributed by atoms with Crippen molar-refractivity contribution in [2.24, 2.45) is 0 Å². The molecule has 2 rings (SSSR count). The molecule has 17 heavy (non-hydrogen) atoms. The van der Waals surface area contributed by atoms with E-state index >= 15 is 0 Å². The maximum Gasteiger partial charge on any atom is 0.226 e. The Hall–Kier alpha value is -0.970. The molecule has 5 heteroatoms. The fourth-order valence-corrected chi connectivity index (χ4v) is 2.97. The second-order valence-corrected chi connectivity index (χ2v) is 5.53. The minimum absolute atomic E-state index is 0.499. The van der Waals surface area contributed by atoms with E-state index in [-0.39, 0.29) is 0 Å². The van der Waals surface area contributed by atoms with Crippen molar-refractivity contribution in [3.8, 4) is 5.88 Å². The lowest BCUT2D eigenvalue weighted by Crippen LogP contribution is -2.18. The van der Waals surface area contributed by atoms with Crippen molar-refractivity contribution in [1.29, 1.82) is 0 Å². The molecule has 2 unspecified atom stereocenters. The van der Waals surface area contributed by atoms with Gasteiger partial charge in [0.2, 0.25) is 11.8 Å². The van der Waals surface area contributed by atoms with Crippen molar-refractivity contribution < 1.29 is 4.74 Å². The van der Waals surface area contributed by atoms with Crippen LogP contribution in [0, 0.1) is 6.92 Å². The lowest BCUT2D eigenvalue weighted by atomic mass is 10.2. The number of nitrogens with zero attached hydrogens (tertiary/aromatic N) is 2. The Morgan fingerprint density at radius 1 is 1.41 bits per heavy atom. The van der Waals surface area contributed by atoms with Gasteiger partial charge in [-0.2, -0.15) is 16.7 Å². The van der Waals surface area contributed by atoms with Crippen molar-refractivity contribution >= 4 is 17.7 Å². The maximum absolute atomic E-state index is 5.15. The topological polar surface area (TPSA) is 47.0 Å². The SMILES string of the molecule is COc1cc(C)nc(NC2CCC(SC)C2)n1. The van der Waals surface area contributed by atoms with Crippen LogP contribution < -0.4 is 10.1 Å². The molecule has 1 aromatic heterocycles. The van der Waals surface area contributed by atoms with Gasteiger partial charge in [-0.05, 0) is 32.4 Å². The predicted octanol–water partition coefficient (Wildman–Crippen LogP) is 2.49. The third-order valence-corrected chi connectivity index (χ3v) is 4.19. The third kappa shape index (κ3) is 3.25. The Kier molecular flexibility index (Phi) is 4.10. The molecule has 1 aromatic rings. The smallest absolute Gasteiger partial charge is 0.226 e. The highest BCUT2D eigenvalue weighted by molar-refractivity contribution is 7.99. The summed E-state index contributed by atoms with van der Waals surface area (Å²) in [6.45, 7) is 1.95. The van der Waals surface area contributed by atoms with Crippen LogP contribution in [-0.4, -0.2) is 34.6 Å². The molecule has 0 aromatic carbocycles. The van der Waals surface area contributed by atoms with E-state index in [2.05, 4.69) is 21.5 Å². The Morgan fingerprint density at radius 2 is 2.24 bits per heavy atom. The lowest BCUT2D eigenvalue weighted by molar-refractivity contribution is 0.397. The van der Waals surface area contributed by atoms with E-state index in [1.54, 1.807) is 7.11 Å². The number of thioether (sulfide) groups is 1. The van der Waals surface area contributed by atoms with Gasteiger partial charge in [0.05, 0.1) is 7.11 Å². The molecule has 0 amide bonds. The summed E-state index contributed by atoms with van der Waals surface area (Å²) in [6.07, 6.45) is 5.85. The maximum atomic E-state index is 5.15. The molecular formula is C12H19N3OS. The number of ether oxygens (including phenoxy) is 1. The number of anilines is 1. The van der Waals surface area contributed by atoms with Crippen LogP contribution in [-0.2, 0) is 0 Å². The normalized spacial score (nSPS) is 23.7. The minimum Gasteiger partial charge on any atom is -0.481 e. The number of methoxy groups -OCH3 is 1. The molecule has 1 N–H and O–H groups in total. The van der Waals surface area contributed by atoms with Crippen LogP contribution in [0.1, 0.15) is 25.0 Å². The van der Waals surface area contributed by atoms with Crippen LogP contribution >= 0.6 is 11.8 Å². The van der Waals surface area contributed by atoms with Crippen molar-refractivity contribution in [3.63, 3.8) is 0 Å². The molecule has 0 bridgehead atoms. The van der Waals surface area contributed by atoms with Gasteiger partial charge in [-0.15, -0.1) is 0 Å². The quantitative estimate of drug-likeness (QED) is 0.893. The van der Waals surface area contributed by atoms with Gasteiger partial charge in [-0.3, -0.25) is 0 Å². The Bertz CT molecular complexity index is 386. The van der Waals surface area contributed by atoms with Crippen molar-refractivity contribution in [2.75, 3.05) is 18.7 Å². The summed E-state index contributed by atoms with van der Waals surface area (Å²) in [7, 11) is 1.63. The molecule has 1 saturated carbocycles. The van der Waals surface area contributed by atoms with Gasteiger partial charge in [-0.25, -0.2) is 4.98 Å². The highest BCUT2D eigenvalue weighted by atomic mass is 32.2. The van der Waals surface area contributed by atoms with Gasteiger partial charge < -0.3 is 10.1 Å². The summed E-state index contributed by atoms with van der Waals surface area (Å²) in [5, 5.41) is 4.18. The summed E-state index contributed by atoms with van der Waals surface area (Å²) in [4.78, 5) is 8.70. The van der Waals surface area contributed by atoms with Gasteiger partial charge in [-0.1, -0.05) is 0 Å². The summed E-state index contributed by atoms with van der Waals surface area (Å²) >= 11 is 1.95. The van der Waals surface area contributed by atoms with Crippen LogP contribution in [0.25, 0.3) is 0 Å². The van der Waals surface area contributed by atoms with Gasteiger partial charge in [0.15, 0.2) is 0 Å². The van der Waals surface area contributed by atoms with Crippen LogP contribution in [0.3, 0.4) is 0 Å². The van der Waals surface area contributed by atoms with Gasteiger partial charge in [0.1, 0.15) is 0 Å². The lowest BCUT2D eigenvalue weighted by Gasteiger charge is -2.13. The summed E-state index contributed by atoms with van der Waals surface area (Å²) in [5.41, 5.74) is 0.929. The van der Waals surface area contributed by atoms with Crippen molar-refractivity contribution in [2.45, 2.75) is 37.5 Å². The molecule has 1 heterocycles. The minimum atomic E-state index is 0.499. The average molecular weight is 253 g/mol. The predicted molar refractivity (Wildman–Crippen MR) is 71.9 cm³/mol. The molecule has 1 aliphatic carbocycles. The number of aromatic nitrogens is 2. The van der Waals surface area contributed by atoms with Gasteiger partial charge >= 0.3 is 0 Å². The first-order chi connectivity index (χ1) is 8.21. The fourth-order valence-electron chi connectivity index (χ4n) is 2.18. The van der Waals surface area contributed by atoms with Gasteiger partial charge in [0, 0.05) is 23.1 Å². The first kappa shape index (κ1) is 12.5. The molecule has 2 atom stereocenters. The number of rotatable bonds is 4. The molecule has 0 radical (unpaired) electrons. The number of aryl methyl sites for hydroxylation is 1. The average Bonchev–Trinajstić information content (AvgIpc) is 2.76. The van der Waals surface area contributed by atoms with Crippen LogP contribution in [0.15, 0.2) is 6.07 Å². The first-order valence-corrected chi connectivity index (χ1v) is 7.19. The summed E-state index contributed by atoms with van der Waals surface area (Å²) < 4.78 is 5.15. The number of hydrogen-bond acceptors (Lipinski definition) is 5. The molecule has 0 saturated heterocycles. The van der Waals surface area contributed by atoms with E-state index in [0.717, 1.165) is 10.9 Å². The summed E-state index contributed by atoms with van der Waals surface area (Å²) in [6, 6.07) is 2.34. The van der Waals surface area contributed by atoms with Crippen LogP contribution in [0.2, 0.25) is 0 Å². The van der Waals surface area contributed by atoms with Crippen LogP contribution in [0.4, 0.5) is 5.95 Å². The zero-order valence-electron chi connectivity index (χ0n) is 10.6. The molecule has 1 fully saturated rings. The fraction of sp³-hybridized carbons (Fsp3) is 0.667. The standard InChI is InChI=1S/C12H19N3OS/c1-8-6-11(16-2)15-12(13-8)14-9-4-5-10(7-9)17-3/h6,9-10H,4-5,7H2,1-3H3,(H,13,14,15). The van der Waals surface area contributed by atoms with Gasteiger partial charge in [0.25, 0.3) is 0 Å². The zero-order valence-corrected chi connectivity index (χ0v) is 11.4. The number of nitrogens with one attached hydrogen (secondary N) is 1. The Labute approximate surface area is 107 Å². The zero-order chi connectivity index (χ0) is 12.3. The Morgan fingerprint density at radius 3 is 2.88 bits per heavy atom. The van der Waals surface area contributed by atoms with Crippen LogP contribution in [0.5, 0.6) is 5.88 Å². The molecule has 1 aliphatic rings. The second kappa shape index (κ2) is 5.58. The largest absolute Gasteiger partial charge is 0.481 e. The Balaban J connectivity index is 2.01. The highest BCUT2D eigenvalue weighted by Crippen LogP contribution is 2.29. The summed E-state index contributed by atoms with van der Waals surface area (Å²) in [5.74, 6) is 1.31.